The SMILES string of the molecule is O=S(=O)([O-])c1ccc(OS(=O)(=O)c2ccc3ccccc3c2)c2ccccc12. The summed E-state index contributed by atoms with van der Waals surface area (Å²) in [6, 6.07) is 20.2. The molecule has 0 aromatic heterocycles. The normalized spacial score (nSPS) is 12.3. The molecule has 0 aliphatic heterocycles. The second-order valence-corrected chi connectivity index (χ2v) is 9.00. The fraction of sp³-hybridized carbons (Fsp3) is 0. The lowest BCUT2D eigenvalue weighted by molar-refractivity contribution is 0.464. The van der Waals surface area contributed by atoms with Crippen LogP contribution in [-0.2, 0) is 20.2 Å². The van der Waals surface area contributed by atoms with Gasteiger partial charge < -0.3 is 8.74 Å². The molecule has 4 aromatic carbocycles. The maximum absolute atomic E-state index is 12.8. The van der Waals surface area contributed by atoms with Crippen LogP contribution in [0.25, 0.3) is 21.5 Å². The average molecular weight is 413 g/mol. The molecule has 0 saturated carbocycles. The molecule has 0 radical (unpaired) electrons. The van der Waals surface area contributed by atoms with Crippen molar-refractivity contribution in [2.24, 2.45) is 0 Å². The van der Waals surface area contributed by atoms with Gasteiger partial charge in [-0.15, -0.1) is 0 Å². The number of benzene rings is 4. The molecule has 0 unspecified atom stereocenters. The van der Waals surface area contributed by atoms with E-state index in [0.29, 0.717) is 0 Å². The van der Waals surface area contributed by atoms with E-state index in [1.807, 2.05) is 12.1 Å². The third-order valence-electron chi connectivity index (χ3n) is 4.32. The zero-order chi connectivity index (χ0) is 19.9. The summed E-state index contributed by atoms with van der Waals surface area (Å²) in [4.78, 5) is -0.464. The van der Waals surface area contributed by atoms with E-state index in [1.165, 1.54) is 30.3 Å². The predicted octanol–water partition coefficient (Wildman–Crippen LogP) is 3.66. The van der Waals surface area contributed by atoms with Crippen LogP contribution in [0, 0.1) is 0 Å². The fourth-order valence-electron chi connectivity index (χ4n) is 3.02. The smallest absolute Gasteiger partial charge is 0.339 e. The van der Waals surface area contributed by atoms with Gasteiger partial charge in [-0.2, -0.15) is 8.42 Å². The van der Waals surface area contributed by atoms with Gasteiger partial charge in [0, 0.05) is 10.8 Å². The van der Waals surface area contributed by atoms with Gasteiger partial charge in [0.2, 0.25) is 0 Å². The van der Waals surface area contributed by atoms with Crippen molar-refractivity contribution in [2.45, 2.75) is 9.79 Å². The van der Waals surface area contributed by atoms with Crippen molar-refractivity contribution in [3.05, 3.63) is 78.9 Å². The van der Waals surface area contributed by atoms with E-state index in [2.05, 4.69) is 0 Å². The molecule has 6 nitrogen and oxygen atoms in total. The van der Waals surface area contributed by atoms with Crippen LogP contribution in [0.1, 0.15) is 0 Å². The number of fused-ring (bicyclic) bond motifs is 2. The molecule has 0 amide bonds. The molecular formula is C20H13O6S2-. The molecule has 28 heavy (non-hydrogen) atoms. The third-order valence-corrected chi connectivity index (χ3v) is 6.45. The zero-order valence-corrected chi connectivity index (χ0v) is 15.9. The molecule has 4 aromatic rings. The van der Waals surface area contributed by atoms with Crippen molar-refractivity contribution in [1.82, 2.24) is 0 Å². The van der Waals surface area contributed by atoms with Crippen LogP contribution >= 0.6 is 0 Å². The molecule has 0 aliphatic rings. The van der Waals surface area contributed by atoms with Gasteiger partial charge >= 0.3 is 10.1 Å². The summed E-state index contributed by atoms with van der Waals surface area (Å²) in [6.45, 7) is 0. The molecule has 0 atom stereocenters. The summed E-state index contributed by atoms with van der Waals surface area (Å²) in [5.74, 6) is -0.0591. The Morgan fingerprint density at radius 2 is 1.32 bits per heavy atom. The van der Waals surface area contributed by atoms with Crippen molar-refractivity contribution in [2.75, 3.05) is 0 Å². The number of hydrogen-bond donors (Lipinski definition) is 0. The predicted molar refractivity (Wildman–Crippen MR) is 104 cm³/mol. The summed E-state index contributed by atoms with van der Waals surface area (Å²) in [5.41, 5.74) is 0. The standard InChI is InChI=1S/C20H14O6S2/c21-27(22,23)20-12-11-19(17-7-3-4-8-18(17)20)26-28(24,25)16-10-9-14-5-1-2-6-15(14)13-16/h1-13H,(H,21,22,23)/p-1. The lowest BCUT2D eigenvalue weighted by Crippen LogP contribution is -2.10. The van der Waals surface area contributed by atoms with Crippen LogP contribution in [0.4, 0.5) is 0 Å². The first kappa shape index (κ1) is 18.4. The van der Waals surface area contributed by atoms with Gasteiger partial charge in [-0.05, 0) is 35.0 Å². The monoisotopic (exact) mass is 413 g/mol. The second kappa shape index (κ2) is 6.59. The first-order chi connectivity index (χ1) is 13.3. The summed E-state index contributed by atoms with van der Waals surface area (Å²) in [5, 5.41) is 1.94. The summed E-state index contributed by atoms with van der Waals surface area (Å²) in [7, 11) is -8.89. The van der Waals surface area contributed by atoms with Gasteiger partial charge in [0.25, 0.3) is 0 Å². The highest BCUT2D eigenvalue weighted by Gasteiger charge is 2.20. The maximum atomic E-state index is 12.8. The van der Waals surface area contributed by atoms with Crippen LogP contribution in [-0.4, -0.2) is 21.4 Å². The minimum absolute atomic E-state index is 0.0317. The zero-order valence-electron chi connectivity index (χ0n) is 14.3. The molecule has 0 saturated heterocycles. The van der Waals surface area contributed by atoms with E-state index in [9.17, 15) is 21.4 Å². The van der Waals surface area contributed by atoms with Crippen molar-refractivity contribution in [3.8, 4) is 5.75 Å². The van der Waals surface area contributed by atoms with Crippen molar-refractivity contribution < 1.29 is 25.6 Å². The van der Waals surface area contributed by atoms with E-state index in [-0.39, 0.29) is 21.4 Å². The lowest BCUT2D eigenvalue weighted by atomic mass is 10.1. The lowest BCUT2D eigenvalue weighted by Gasteiger charge is -2.14. The fourth-order valence-corrected chi connectivity index (χ4v) is 4.69. The van der Waals surface area contributed by atoms with Gasteiger partial charge in [-0.1, -0.05) is 54.6 Å². The minimum atomic E-state index is -4.72. The van der Waals surface area contributed by atoms with Crippen molar-refractivity contribution in [3.63, 3.8) is 0 Å². The molecule has 0 heterocycles. The topological polar surface area (TPSA) is 101 Å². The van der Waals surface area contributed by atoms with Gasteiger partial charge in [-0.3, -0.25) is 0 Å². The first-order valence-electron chi connectivity index (χ1n) is 8.17. The molecule has 0 spiro atoms. The Kier molecular flexibility index (Phi) is 4.34. The highest BCUT2D eigenvalue weighted by molar-refractivity contribution is 7.87. The number of rotatable bonds is 4. The van der Waals surface area contributed by atoms with Crippen LogP contribution in [0.5, 0.6) is 5.75 Å². The molecule has 8 heteroatoms. The van der Waals surface area contributed by atoms with Crippen LogP contribution in [0.15, 0.2) is 88.7 Å². The van der Waals surface area contributed by atoms with Gasteiger partial charge in [0.05, 0.1) is 4.90 Å². The maximum Gasteiger partial charge on any atom is 0.339 e. The molecule has 0 fully saturated rings. The highest BCUT2D eigenvalue weighted by Crippen LogP contribution is 2.33. The molecule has 0 aliphatic carbocycles. The summed E-state index contributed by atoms with van der Waals surface area (Å²) in [6.07, 6.45) is 0. The van der Waals surface area contributed by atoms with Crippen LogP contribution < -0.4 is 4.18 Å². The first-order valence-corrected chi connectivity index (χ1v) is 11.0. The molecule has 0 bridgehead atoms. The summed E-state index contributed by atoms with van der Waals surface area (Å²) >= 11 is 0. The average Bonchev–Trinajstić information content (AvgIpc) is 2.66. The summed E-state index contributed by atoms with van der Waals surface area (Å²) < 4.78 is 65.3. The number of hydrogen-bond acceptors (Lipinski definition) is 6. The Hall–Kier alpha value is -2.94. The largest absolute Gasteiger partial charge is 0.744 e. The quantitative estimate of drug-likeness (QED) is 0.374. The Labute approximate surface area is 161 Å². The molecule has 0 N–H and O–H groups in total. The minimum Gasteiger partial charge on any atom is -0.744 e. The third kappa shape index (κ3) is 3.33. The Morgan fingerprint density at radius 1 is 0.679 bits per heavy atom. The Balaban J connectivity index is 1.83. The molecule has 142 valence electrons. The second-order valence-electron chi connectivity index (χ2n) is 6.11. The Bertz CT molecular complexity index is 1420. The van der Waals surface area contributed by atoms with Gasteiger partial charge in [0.15, 0.2) is 5.75 Å². The van der Waals surface area contributed by atoms with Crippen molar-refractivity contribution in [1.29, 1.82) is 0 Å². The van der Waals surface area contributed by atoms with E-state index >= 15 is 0 Å². The van der Waals surface area contributed by atoms with E-state index in [1.54, 1.807) is 30.3 Å². The Morgan fingerprint density at radius 3 is 2.04 bits per heavy atom. The van der Waals surface area contributed by atoms with Crippen LogP contribution in [0.3, 0.4) is 0 Å². The molecule has 4 rings (SSSR count). The van der Waals surface area contributed by atoms with Crippen molar-refractivity contribution >= 4 is 41.8 Å². The van der Waals surface area contributed by atoms with Crippen LogP contribution in [0.2, 0.25) is 0 Å². The van der Waals surface area contributed by atoms with E-state index < -0.39 is 25.1 Å². The highest BCUT2D eigenvalue weighted by atomic mass is 32.2. The van der Waals surface area contributed by atoms with Gasteiger partial charge in [-0.25, -0.2) is 8.42 Å². The molecular weight excluding hydrogens is 400 g/mol. The van der Waals surface area contributed by atoms with E-state index in [4.69, 9.17) is 4.18 Å². The van der Waals surface area contributed by atoms with E-state index in [0.717, 1.165) is 16.8 Å². The van der Waals surface area contributed by atoms with Gasteiger partial charge in [0.1, 0.15) is 15.0 Å².